The van der Waals surface area contributed by atoms with E-state index in [1.54, 1.807) is 5.32 Å². The van der Waals surface area contributed by atoms with Crippen molar-refractivity contribution in [2.24, 2.45) is 0 Å². The molecule has 3 aromatic carbocycles. The first-order valence-corrected chi connectivity index (χ1v) is 13.9. The van der Waals surface area contributed by atoms with Crippen LogP contribution in [0.3, 0.4) is 0 Å². The van der Waals surface area contributed by atoms with Crippen LogP contribution >= 0.6 is 0 Å². The van der Waals surface area contributed by atoms with Gasteiger partial charge >= 0.3 is 18.7 Å². The van der Waals surface area contributed by atoms with Gasteiger partial charge < -0.3 is 10.1 Å². The summed E-state index contributed by atoms with van der Waals surface area (Å²) in [6, 6.07) is 9.90. The van der Waals surface area contributed by atoms with Crippen molar-refractivity contribution in [3.05, 3.63) is 83.7 Å². The van der Waals surface area contributed by atoms with Crippen LogP contribution in [-0.4, -0.2) is 35.5 Å². The molecule has 0 spiro atoms. The molecule has 0 bridgehead atoms. The molecule has 0 heterocycles. The largest absolute Gasteiger partial charge is 0.471 e. The number of ether oxygens (including phenoxy) is 1. The minimum Gasteiger partial charge on any atom is -0.435 e. The molecule has 0 saturated heterocycles. The topological polar surface area (TPSA) is 107 Å². The summed E-state index contributed by atoms with van der Waals surface area (Å²) in [6.45, 7) is -2.13. The van der Waals surface area contributed by atoms with Gasteiger partial charge in [-0.1, -0.05) is 30.3 Å². The van der Waals surface area contributed by atoms with Crippen LogP contribution < -0.4 is 10.1 Å². The Morgan fingerprint density at radius 3 is 2.10 bits per heavy atom. The molecule has 0 aliphatic rings. The smallest absolute Gasteiger partial charge is 0.435 e. The number of carbonyl (C=O) groups is 1. The molecule has 1 N–H and O–H groups in total. The third-order valence-corrected chi connectivity index (χ3v) is 9.02. The van der Waals surface area contributed by atoms with Crippen molar-refractivity contribution in [2.45, 2.75) is 46.2 Å². The van der Waals surface area contributed by atoms with Gasteiger partial charge in [0.25, 0.3) is 0 Å². The predicted octanol–water partition coefficient (Wildman–Crippen LogP) is 4.97. The zero-order valence-electron chi connectivity index (χ0n) is 19.7. The highest BCUT2D eigenvalue weighted by Gasteiger charge is 2.39. The summed E-state index contributed by atoms with van der Waals surface area (Å²) in [5, 5.41) is 1.71. The molecule has 3 aromatic rings. The van der Waals surface area contributed by atoms with Gasteiger partial charge in [0.2, 0.25) is 9.84 Å². The number of amides is 1. The third kappa shape index (κ3) is 7.09. The Hall–Kier alpha value is -3.59. The molecule has 0 aromatic heterocycles. The minimum absolute atomic E-state index is 0.0969. The molecule has 0 aliphatic heterocycles. The Bertz CT molecular complexity index is 1570. The van der Waals surface area contributed by atoms with E-state index < -0.39 is 76.4 Å². The summed E-state index contributed by atoms with van der Waals surface area (Å²) < 4.78 is 135. The number of sulfone groups is 2. The highest BCUT2D eigenvalue weighted by molar-refractivity contribution is 7.94. The molecule has 7 nitrogen and oxygen atoms in total. The van der Waals surface area contributed by atoms with Gasteiger partial charge in [-0.25, -0.2) is 21.2 Å². The van der Waals surface area contributed by atoms with E-state index in [1.807, 2.05) is 0 Å². The second-order valence-corrected chi connectivity index (χ2v) is 12.0. The normalized spacial score (nSPS) is 13.2. The van der Waals surface area contributed by atoms with E-state index in [0.717, 1.165) is 48.5 Å². The van der Waals surface area contributed by atoms with Gasteiger partial charge in [0.1, 0.15) is 11.6 Å². The summed E-state index contributed by atoms with van der Waals surface area (Å²) in [7, 11) is -9.34. The maximum Gasteiger partial charge on any atom is 0.471 e. The number of alkyl halides is 5. The number of hydrogen-bond acceptors (Lipinski definition) is 6. The Labute approximate surface area is 219 Å². The fraction of sp³-hybridized carbons (Fsp3) is 0.208. The maximum absolute atomic E-state index is 14.1. The summed E-state index contributed by atoms with van der Waals surface area (Å²) in [6.07, 6.45) is -5.14. The van der Waals surface area contributed by atoms with Gasteiger partial charge in [0.15, 0.2) is 9.84 Å². The molecule has 39 heavy (non-hydrogen) atoms. The average molecular weight is 596 g/mol. The molecule has 1 atom stereocenters. The Morgan fingerprint density at radius 2 is 1.54 bits per heavy atom. The van der Waals surface area contributed by atoms with Crippen LogP contribution in [0.4, 0.5) is 26.3 Å². The Kier molecular flexibility index (Phi) is 8.65. The second-order valence-electron chi connectivity index (χ2n) is 8.10. The molecular weight excluding hydrogens is 576 g/mol. The molecule has 0 fully saturated rings. The van der Waals surface area contributed by atoms with Crippen molar-refractivity contribution < 1.29 is 52.7 Å². The van der Waals surface area contributed by atoms with Crippen LogP contribution in [0.15, 0.2) is 81.4 Å². The van der Waals surface area contributed by atoms with Gasteiger partial charge in [0, 0.05) is 11.6 Å². The van der Waals surface area contributed by atoms with Crippen molar-refractivity contribution in [1.82, 2.24) is 5.32 Å². The van der Waals surface area contributed by atoms with E-state index in [2.05, 4.69) is 4.74 Å². The van der Waals surface area contributed by atoms with E-state index in [-0.39, 0.29) is 11.1 Å². The summed E-state index contributed by atoms with van der Waals surface area (Å²) >= 11 is 0. The average Bonchev–Trinajstić information content (AvgIpc) is 2.84. The van der Waals surface area contributed by atoms with Crippen molar-refractivity contribution >= 4 is 25.6 Å². The number of hydrogen-bond donors (Lipinski definition) is 1. The van der Waals surface area contributed by atoms with E-state index >= 15 is 0 Å². The van der Waals surface area contributed by atoms with Gasteiger partial charge in [0.05, 0.1) is 26.5 Å². The highest BCUT2D eigenvalue weighted by atomic mass is 32.2. The summed E-state index contributed by atoms with van der Waals surface area (Å²) in [5.74, 6) is -4.77. The lowest BCUT2D eigenvalue weighted by Crippen LogP contribution is -2.38. The molecule has 0 saturated carbocycles. The first-order valence-electron chi connectivity index (χ1n) is 10.8. The number of benzene rings is 3. The van der Waals surface area contributed by atoms with Crippen LogP contribution in [0, 0.1) is 5.82 Å². The third-order valence-electron chi connectivity index (χ3n) is 5.36. The van der Waals surface area contributed by atoms with Gasteiger partial charge in [-0.2, -0.15) is 22.0 Å². The van der Waals surface area contributed by atoms with E-state index in [9.17, 15) is 48.0 Å². The quantitative estimate of drug-likeness (QED) is 0.350. The molecule has 0 radical (unpaired) electrons. The standard InChI is InChI=1S/C24H19F6NO6S2/c1-14(31-22(32)24(28,29)30)15-6-9-18(10-7-15)39(35,36)20-11-8-17(37-23(26)27)12-21(20)38(33,34)13-16-4-2-3-5-19(16)25/h2-12,14,23H,13H2,1H3,(H,31,32)/t14-/m0/s1. The van der Waals surface area contributed by atoms with Crippen molar-refractivity contribution in [2.75, 3.05) is 0 Å². The lowest BCUT2D eigenvalue weighted by molar-refractivity contribution is -0.174. The molecule has 3 rings (SSSR count). The highest BCUT2D eigenvalue weighted by Crippen LogP contribution is 2.33. The van der Waals surface area contributed by atoms with Crippen molar-refractivity contribution in [3.63, 3.8) is 0 Å². The number of rotatable bonds is 9. The monoisotopic (exact) mass is 595 g/mol. The van der Waals surface area contributed by atoms with Crippen molar-refractivity contribution in [1.29, 1.82) is 0 Å². The molecular formula is C24H19F6NO6S2. The fourth-order valence-electron chi connectivity index (χ4n) is 3.45. The zero-order valence-corrected chi connectivity index (χ0v) is 21.4. The van der Waals surface area contributed by atoms with E-state index in [0.29, 0.717) is 6.07 Å². The summed E-state index contributed by atoms with van der Waals surface area (Å²) in [5.41, 5.74) is -0.208. The summed E-state index contributed by atoms with van der Waals surface area (Å²) in [4.78, 5) is 8.91. The number of nitrogens with one attached hydrogen (secondary N) is 1. The van der Waals surface area contributed by atoms with Crippen LogP contribution in [0.1, 0.15) is 24.1 Å². The molecule has 210 valence electrons. The zero-order chi connectivity index (χ0) is 29.2. The number of carbonyl (C=O) groups excluding carboxylic acids is 1. The predicted molar refractivity (Wildman–Crippen MR) is 125 cm³/mol. The van der Waals surface area contributed by atoms with Crippen LogP contribution in [0.2, 0.25) is 0 Å². The van der Waals surface area contributed by atoms with Crippen LogP contribution in [-0.2, 0) is 30.2 Å². The fourth-order valence-corrected chi connectivity index (χ4v) is 6.95. The van der Waals surface area contributed by atoms with Crippen LogP contribution in [0.25, 0.3) is 0 Å². The maximum atomic E-state index is 14.1. The lowest BCUT2D eigenvalue weighted by atomic mass is 10.1. The Morgan fingerprint density at radius 1 is 0.923 bits per heavy atom. The molecule has 1 amide bonds. The SMILES string of the molecule is C[C@H](NC(=O)C(F)(F)F)c1ccc(S(=O)(=O)c2ccc(OC(F)F)cc2S(=O)(=O)Cc2ccccc2F)cc1. The van der Waals surface area contributed by atoms with Gasteiger partial charge in [-0.05, 0) is 42.8 Å². The molecule has 0 unspecified atom stereocenters. The van der Waals surface area contributed by atoms with Gasteiger partial charge in [-0.15, -0.1) is 0 Å². The molecule has 15 heteroatoms. The minimum atomic E-state index is -5.14. The second kappa shape index (κ2) is 11.3. The van der Waals surface area contributed by atoms with E-state index in [1.165, 1.54) is 19.1 Å². The Balaban J connectivity index is 2.04. The lowest BCUT2D eigenvalue weighted by Gasteiger charge is -2.17. The van der Waals surface area contributed by atoms with E-state index in [4.69, 9.17) is 0 Å². The number of halogens is 6. The molecule has 0 aliphatic carbocycles. The van der Waals surface area contributed by atoms with Gasteiger partial charge in [-0.3, -0.25) is 4.79 Å². The van der Waals surface area contributed by atoms with Crippen molar-refractivity contribution in [3.8, 4) is 5.75 Å². The first-order chi connectivity index (χ1) is 18.0. The first kappa shape index (κ1) is 30.0. The van der Waals surface area contributed by atoms with Crippen LogP contribution in [0.5, 0.6) is 5.75 Å².